The number of benzene rings is 1. The summed E-state index contributed by atoms with van der Waals surface area (Å²) < 4.78 is 5.27. The molecule has 4 rings (SSSR count). The number of carbonyl (C=O) groups is 2. The second kappa shape index (κ2) is 7.20. The number of thiophene rings is 1. The van der Waals surface area contributed by atoms with E-state index in [0.29, 0.717) is 12.1 Å². The minimum Gasteiger partial charge on any atom is -0.459 e. The Labute approximate surface area is 160 Å². The van der Waals surface area contributed by atoms with E-state index >= 15 is 0 Å². The Morgan fingerprint density at radius 3 is 2.81 bits per heavy atom. The summed E-state index contributed by atoms with van der Waals surface area (Å²) in [7, 11) is 0. The lowest BCUT2D eigenvalue weighted by atomic mass is 10.0. The van der Waals surface area contributed by atoms with Gasteiger partial charge in [-0.2, -0.15) is 5.10 Å². The van der Waals surface area contributed by atoms with E-state index in [2.05, 4.69) is 10.4 Å². The maximum absolute atomic E-state index is 12.9. The number of amides is 2. The highest BCUT2D eigenvalue weighted by atomic mass is 32.1. The van der Waals surface area contributed by atoms with Gasteiger partial charge in [-0.05, 0) is 41.3 Å². The van der Waals surface area contributed by atoms with Crippen molar-refractivity contribution < 1.29 is 14.0 Å². The molecule has 136 valence electrons. The lowest BCUT2D eigenvalue weighted by molar-refractivity contribution is -0.114. The van der Waals surface area contributed by atoms with Crippen LogP contribution in [0.4, 0.5) is 5.69 Å². The standard InChI is InChI=1S/C20H17N3O3S/c1-13(24)21-15-6-2-5-14(11-15)16-12-17(19-8-4-10-27-19)23(22-16)20(25)18-7-3-9-26-18/h2-11,17H,12H2,1H3,(H,21,24). The van der Waals surface area contributed by atoms with Gasteiger partial charge in [0.15, 0.2) is 5.76 Å². The molecule has 1 aliphatic rings. The van der Waals surface area contributed by atoms with Gasteiger partial charge in [-0.3, -0.25) is 9.59 Å². The zero-order valence-electron chi connectivity index (χ0n) is 14.6. The summed E-state index contributed by atoms with van der Waals surface area (Å²) in [5, 5.41) is 10.9. The third kappa shape index (κ3) is 3.54. The summed E-state index contributed by atoms with van der Waals surface area (Å²) in [6, 6.07) is 14.6. The number of anilines is 1. The van der Waals surface area contributed by atoms with Gasteiger partial charge in [0.25, 0.3) is 0 Å². The van der Waals surface area contributed by atoms with E-state index in [1.807, 2.05) is 41.8 Å². The van der Waals surface area contributed by atoms with Crippen LogP contribution in [0, 0.1) is 0 Å². The lowest BCUT2D eigenvalue weighted by Crippen LogP contribution is -2.26. The van der Waals surface area contributed by atoms with Crippen LogP contribution in [-0.2, 0) is 4.79 Å². The van der Waals surface area contributed by atoms with Gasteiger partial charge in [0.2, 0.25) is 5.91 Å². The minimum atomic E-state index is -0.272. The van der Waals surface area contributed by atoms with Crippen LogP contribution in [0.5, 0.6) is 0 Å². The Morgan fingerprint density at radius 2 is 2.11 bits per heavy atom. The maximum Gasteiger partial charge on any atom is 0.310 e. The van der Waals surface area contributed by atoms with Crippen LogP contribution in [-0.4, -0.2) is 22.5 Å². The first-order valence-corrected chi connectivity index (χ1v) is 9.36. The van der Waals surface area contributed by atoms with Crippen molar-refractivity contribution in [3.8, 4) is 0 Å². The highest BCUT2D eigenvalue weighted by molar-refractivity contribution is 7.10. The molecule has 1 atom stereocenters. The summed E-state index contributed by atoms with van der Waals surface area (Å²) in [5.41, 5.74) is 2.37. The largest absolute Gasteiger partial charge is 0.459 e. The normalized spacial score (nSPS) is 16.3. The number of rotatable bonds is 4. The van der Waals surface area contributed by atoms with Crippen molar-refractivity contribution in [1.82, 2.24) is 5.01 Å². The van der Waals surface area contributed by atoms with Gasteiger partial charge in [0, 0.05) is 23.9 Å². The molecule has 7 heteroatoms. The average Bonchev–Trinajstić information content (AvgIpc) is 3.41. The molecule has 2 amide bonds. The van der Waals surface area contributed by atoms with Crippen molar-refractivity contribution in [2.45, 2.75) is 19.4 Å². The van der Waals surface area contributed by atoms with Crippen molar-refractivity contribution in [1.29, 1.82) is 0 Å². The van der Waals surface area contributed by atoms with Crippen LogP contribution in [0.2, 0.25) is 0 Å². The molecular weight excluding hydrogens is 362 g/mol. The van der Waals surface area contributed by atoms with Gasteiger partial charge in [-0.25, -0.2) is 5.01 Å². The van der Waals surface area contributed by atoms with Gasteiger partial charge < -0.3 is 9.73 Å². The highest BCUT2D eigenvalue weighted by Gasteiger charge is 2.35. The van der Waals surface area contributed by atoms with E-state index in [0.717, 1.165) is 16.2 Å². The predicted molar refractivity (Wildman–Crippen MR) is 104 cm³/mol. The molecule has 0 spiro atoms. The van der Waals surface area contributed by atoms with E-state index in [1.165, 1.54) is 18.2 Å². The smallest absolute Gasteiger partial charge is 0.310 e. The fraction of sp³-hybridized carbons (Fsp3) is 0.150. The molecule has 1 aromatic carbocycles. The third-order valence-corrected chi connectivity index (χ3v) is 5.21. The fourth-order valence-corrected chi connectivity index (χ4v) is 3.88. The predicted octanol–water partition coefficient (Wildman–Crippen LogP) is 4.29. The third-order valence-electron chi connectivity index (χ3n) is 4.24. The molecule has 1 N–H and O–H groups in total. The highest BCUT2D eigenvalue weighted by Crippen LogP contribution is 2.36. The minimum absolute atomic E-state index is 0.133. The SMILES string of the molecule is CC(=O)Nc1cccc(C2=NN(C(=O)c3ccco3)C(c3cccs3)C2)c1. The summed E-state index contributed by atoms with van der Waals surface area (Å²) in [5.74, 6) is -0.147. The molecule has 0 radical (unpaired) electrons. The molecule has 6 nitrogen and oxygen atoms in total. The first-order valence-electron chi connectivity index (χ1n) is 8.48. The zero-order chi connectivity index (χ0) is 18.8. The number of nitrogens with one attached hydrogen (secondary N) is 1. The number of carbonyl (C=O) groups excluding carboxylic acids is 2. The van der Waals surface area contributed by atoms with Crippen LogP contribution < -0.4 is 5.32 Å². The zero-order valence-corrected chi connectivity index (χ0v) is 15.4. The number of furan rings is 1. The van der Waals surface area contributed by atoms with E-state index < -0.39 is 0 Å². The Morgan fingerprint density at radius 1 is 1.22 bits per heavy atom. The summed E-state index contributed by atoms with van der Waals surface area (Å²) in [4.78, 5) is 25.3. The van der Waals surface area contributed by atoms with E-state index in [1.54, 1.807) is 23.5 Å². The Hall–Kier alpha value is -3.19. The van der Waals surface area contributed by atoms with Gasteiger partial charge in [0.05, 0.1) is 18.0 Å². The Kier molecular flexibility index (Phi) is 4.60. The topological polar surface area (TPSA) is 74.9 Å². The molecule has 0 aliphatic carbocycles. The van der Waals surface area contributed by atoms with Crippen molar-refractivity contribution in [2.75, 3.05) is 5.32 Å². The molecule has 3 aromatic rings. The first kappa shape index (κ1) is 17.2. The maximum atomic E-state index is 12.9. The molecule has 27 heavy (non-hydrogen) atoms. The van der Waals surface area contributed by atoms with Crippen LogP contribution in [0.3, 0.4) is 0 Å². The van der Waals surface area contributed by atoms with Crippen LogP contribution in [0.1, 0.15) is 40.4 Å². The molecular formula is C20H17N3O3S. The number of hydrazone groups is 1. The van der Waals surface area contributed by atoms with Crippen molar-refractivity contribution in [2.24, 2.45) is 5.10 Å². The van der Waals surface area contributed by atoms with E-state index in [9.17, 15) is 9.59 Å². The van der Waals surface area contributed by atoms with E-state index in [4.69, 9.17) is 4.42 Å². The summed E-state index contributed by atoms with van der Waals surface area (Å²) in [6.45, 7) is 1.47. The summed E-state index contributed by atoms with van der Waals surface area (Å²) >= 11 is 1.59. The number of hydrogen-bond donors (Lipinski definition) is 1. The summed E-state index contributed by atoms with van der Waals surface area (Å²) in [6.07, 6.45) is 2.07. The second-order valence-electron chi connectivity index (χ2n) is 6.17. The quantitative estimate of drug-likeness (QED) is 0.735. The van der Waals surface area contributed by atoms with Crippen LogP contribution in [0.25, 0.3) is 0 Å². The van der Waals surface area contributed by atoms with Gasteiger partial charge in [-0.1, -0.05) is 18.2 Å². The molecule has 0 bridgehead atoms. The monoisotopic (exact) mass is 379 g/mol. The Bertz CT molecular complexity index is 993. The molecule has 2 aromatic heterocycles. The lowest BCUT2D eigenvalue weighted by Gasteiger charge is -2.19. The molecule has 3 heterocycles. The second-order valence-corrected chi connectivity index (χ2v) is 7.15. The van der Waals surface area contributed by atoms with Gasteiger partial charge in [-0.15, -0.1) is 11.3 Å². The number of nitrogens with zero attached hydrogens (tertiary/aromatic N) is 2. The van der Waals surface area contributed by atoms with Crippen molar-refractivity contribution in [3.63, 3.8) is 0 Å². The average molecular weight is 379 g/mol. The molecule has 0 fully saturated rings. The molecule has 0 saturated carbocycles. The first-order chi connectivity index (χ1) is 13.1. The van der Waals surface area contributed by atoms with E-state index in [-0.39, 0.29) is 23.6 Å². The molecule has 1 aliphatic heterocycles. The number of hydrogen-bond acceptors (Lipinski definition) is 5. The van der Waals surface area contributed by atoms with Crippen LogP contribution >= 0.6 is 11.3 Å². The molecule has 1 unspecified atom stereocenters. The van der Waals surface area contributed by atoms with Crippen molar-refractivity contribution >= 4 is 34.6 Å². The van der Waals surface area contributed by atoms with Crippen molar-refractivity contribution in [3.05, 3.63) is 76.4 Å². The Balaban J connectivity index is 1.68. The van der Waals surface area contributed by atoms with Crippen LogP contribution in [0.15, 0.2) is 69.7 Å². The fourth-order valence-electron chi connectivity index (χ4n) is 3.07. The van der Waals surface area contributed by atoms with Gasteiger partial charge >= 0.3 is 5.91 Å². The van der Waals surface area contributed by atoms with Gasteiger partial charge in [0.1, 0.15) is 0 Å². The molecule has 0 saturated heterocycles.